The van der Waals surface area contributed by atoms with Crippen molar-refractivity contribution in [1.29, 1.82) is 0 Å². The normalized spacial score (nSPS) is 16.4. The van der Waals surface area contributed by atoms with Crippen molar-refractivity contribution in [3.05, 3.63) is 35.1 Å². The summed E-state index contributed by atoms with van der Waals surface area (Å²) in [5.74, 6) is 0.861. The van der Waals surface area contributed by atoms with Gasteiger partial charge in [0.15, 0.2) is 0 Å². The second-order valence-corrected chi connectivity index (χ2v) is 4.65. The van der Waals surface area contributed by atoms with Gasteiger partial charge in [-0.05, 0) is 36.7 Å². The molecule has 15 heavy (non-hydrogen) atoms. The van der Waals surface area contributed by atoms with Gasteiger partial charge in [-0.25, -0.2) is 4.39 Å². The smallest absolute Gasteiger partial charge is 0.123 e. The average molecular weight is 226 g/mol. The van der Waals surface area contributed by atoms with E-state index in [9.17, 15) is 4.39 Å². The highest BCUT2D eigenvalue weighted by atomic mass is 32.2. The highest BCUT2D eigenvalue weighted by Gasteiger charge is 2.15. The van der Waals surface area contributed by atoms with Crippen LogP contribution >= 0.6 is 11.9 Å². The van der Waals surface area contributed by atoms with E-state index in [1.165, 1.54) is 11.1 Å². The molecule has 1 aliphatic heterocycles. The molecule has 2 rings (SSSR count). The van der Waals surface area contributed by atoms with Crippen molar-refractivity contribution in [2.24, 2.45) is 0 Å². The summed E-state index contributed by atoms with van der Waals surface area (Å²) in [6, 6.07) is 5.12. The largest absolute Gasteiger partial charge is 0.288 e. The average Bonchev–Trinajstić information content (AvgIpc) is 2.26. The lowest BCUT2D eigenvalue weighted by molar-refractivity contribution is 0.299. The SMILES string of the molecule is CNSCN1CCc2cc(F)ccc2C1. The van der Waals surface area contributed by atoms with E-state index in [1.807, 2.05) is 13.1 Å². The predicted octanol–water partition coefficient (Wildman–Crippen LogP) is 2.01. The second kappa shape index (κ2) is 4.96. The molecule has 0 atom stereocenters. The van der Waals surface area contributed by atoms with Gasteiger partial charge in [-0.3, -0.25) is 9.62 Å². The van der Waals surface area contributed by atoms with Crippen molar-refractivity contribution < 1.29 is 4.39 Å². The molecule has 82 valence electrons. The van der Waals surface area contributed by atoms with Crippen LogP contribution in [0, 0.1) is 5.82 Å². The first-order valence-corrected chi connectivity index (χ1v) is 6.06. The van der Waals surface area contributed by atoms with Crippen molar-refractivity contribution in [2.75, 3.05) is 19.5 Å². The summed E-state index contributed by atoms with van der Waals surface area (Å²) < 4.78 is 16.0. The Labute approximate surface area is 94.0 Å². The number of halogens is 1. The van der Waals surface area contributed by atoms with E-state index >= 15 is 0 Å². The monoisotopic (exact) mass is 226 g/mol. The lowest BCUT2D eigenvalue weighted by Crippen LogP contribution is -2.31. The molecule has 1 aromatic carbocycles. The summed E-state index contributed by atoms with van der Waals surface area (Å²) >= 11 is 1.69. The van der Waals surface area contributed by atoms with Crippen LogP contribution in [0.1, 0.15) is 11.1 Å². The summed E-state index contributed by atoms with van der Waals surface area (Å²) in [4.78, 5) is 2.36. The fourth-order valence-electron chi connectivity index (χ4n) is 1.85. The van der Waals surface area contributed by atoms with Gasteiger partial charge < -0.3 is 0 Å². The molecule has 0 aromatic heterocycles. The Balaban J connectivity index is 2.03. The molecule has 0 saturated carbocycles. The van der Waals surface area contributed by atoms with E-state index in [4.69, 9.17) is 0 Å². The number of hydrogen-bond acceptors (Lipinski definition) is 3. The molecule has 2 nitrogen and oxygen atoms in total. The first-order valence-electron chi connectivity index (χ1n) is 5.08. The topological polar surface area (TPSA) is 15.3 Å². The lowest BCUT2D eigenvalue weighted by Gasteiger charge is -2.28. The van der Waals surface area contributed by atoms with Gasteiger partial charge in [0.25, 0.3) is 0 Å². The minimum atomic E-state index is -0.119. The zero-order valence-corrected chi connectivity index (χ0v) is 9.61. The Hall–Kier alpha value is -0.580. The molecule has 1 aliphatic rings. The van der Waals surface area contributed by atoms with Crippen molar-refractivity contribution >= 4 is 11.9 Å². The number of fused-ring (bicyclic) bond motifs is 1. The van der Waals surface area contributed by atoms with Crippen LogP contribution in [-0.2, 0) is 13.0 Å². The number of benzene rings is 1. The Morgan fingerprint density at radius 2 is 2.33 bits per heavy atom. The van der Waals surface area contributed by atoms with Crippen LogP contribution < -0.4 is 4.72 Å². The summed E-state index contributed by atoms with van der Waals surface area (Å²) in [5, 5.41) is 0. The maximum atomic E-state index is 13.0. The summed E-state index contributed by atoms with van der Waals surface area (Å²) in [5.41, 5.74) is 2.43. The highest BCUT2D eigenvalue weighted by Crippen LogP contribution is 2.20. The first kappa shape index (κ1) is 10.9. The Kier molecular flexibility index (Phi) is 3.61. The molecule has 0 saturated heterocycles. The minimum Gasteiger partial charge on any atom is -0.288 e. The highest BCUT2D eigenvalue weighted by molar-refractivity contribution is 7.97. The molecular formula is C11H15FN2S. The Morgan fingerprint density at radius 3 is 3.13 bits per heavy atom. The van der Waals surface area contributed by atoms with Crippen molar-refractivity contribution in [1.82, 2.24) is 9.62 Å². The molecule has 0 fully saturated rings. The van der Waals surface area contributed by atoms with E-state index in [1.54, 1.807) is 24.1 Å². The van der Waals surface area contributed by atoms with Crippen LogP contribution in [0.4, 0.5) is 4.39 Å². The third kappa shape index (κ3) is 2.71. The van der Waals surface area contributed by atoms with Gasteiger partial charge in [0.2, 0.25) is 0 Å². The standard InChI is InChI=1S/C11H15FN2S/c1-13-15-8-14-5-4-9-6-11(12)3-2-10(9)7-14/h2-3,6,13H,4-5,7-8H2,1H3. The van der Waals surface area contributed by atoms with Crippen LogP contribution in [0.25, 0.3) is 0 Å². The fraction of sp³-hybridized carbons (Fsp3) is 0.455. The van der Waals surface area contributed by atoms with Gasteiger partial charge >= 0.3 is 0 Å². The zero-order valence-electron chi connectivity index (χ0n) is 8.79. The molecule has 4 heteroatoms. The summed E-state index contributed by atoms with van der Waals surface area (Å²) in [7, 11) is 1.93. The Morgan fingerprint density at radius 1 is 1.47 bits per heavy atom. The van der Waals surface area contributed by atoms with Crippen molar-refractivity contribution in [2.45, 2.75) is 13.0 Å². The molecule has 0 bridgehead atoms. The molecule has 0 aliphatic carbocycles. The van der Waals surface area contributed by atoms with E-state index in [2.05, 4.69) is 9.62 Å². The van der Waals surface area contributed by atoms with Crippen molar-refractivity contribution in [3.8, 4) is 0 Å². The maximum Gasteiger partial charge on any atom is 0.123 e. The van der Waals surface area contributed by atoms with Gasteiger partial charge in [0, 0.05) is 13.1 Å². The second-order valence-electron chi connectivity index (χ2n) is 3.69. The van der Waals surface area contributed by atoms with Gasteiger partial charge in [-0.2, -0.15) is 0 Å². The lowest BCUT2D eigenvalue weighted by atomic mass is 10.0. The minimum absolute atomic E-state index is 0.119. The third-order valence-corrected chi connectivity index (χ3v) is 3.43. The van der Waals surface area contributed by atoms with E-state index in [0.717, 1.165) is 25.4 Å². The number of nitrogens with zero attached hydrogens (tertiary/aromatic N) is 1. The van der Waals surface area contributed by atoms with Crippen LogP contribution in [0.15, 0.2) is 18.2 Å². The molecule has 1 aromatic rings. The molecule has 0 amide bonds. The molecule has 0 unspecified atom stereocenters. The summed E-state index contributed by atoms with van der Waals surface area (Å²) in [6.07, 6.45) is 0.956. The number of rotatable bonds is 3. The van der Waals surface area contributed by atoms with Crippen LogP contribution in [-0.4, -0.2) is 24.4 Å². The van der Waals surface area contributed by atoms with Crippen LogP contribution in [0.5, 0.6) is 0 Å². The third-order valence-electron chi connectivity index (χ3n) is 2.65. The van der Waals surface area contributed by atoms with Gasteiger partial charge in [-0.15, -0.1) is 0 Å². The zero-order chi connectivity index (χ0) is 10.7. The fourth-order valence-corrected chi connectivity index (χ4v) is 2.38. The van der Waals surface area contributed by atoms with Crippen LogP contribution in [0.3, 0.4) is 0 Å². The molecule has 0 spiro atoms. The maximum absolute atomic E-state index is 13.0. The van der Waals surface area contributed by atoms with E-state index in [0.29, 0.717) is 0 Å². The van der Waals surface area contributed by atoms with Crippen LogP contribution in [0.2, 0.25) is 0 Å². The molecule has 0 radical (unpaired) electrons. The Bertz CT molecular complexity index is 343. The van der Waals surface area contributed by atoms with Crippen molar-refractivity contribution in [3.63, 3.8) is 0 Å². The number of hydrogen-bond donors (Lipinski definition) is 1. The molecule has 1 heterocycles. The first-order chi connectivity index (χ1) is 7.29. The van der Waals surface area contributed by atoms with Gasteiger partial charge in [0.1, 0.15) is 5.82 Å². The predicted molar refractivity (Wildman–Crippen MR) is 62.0 cm³/mol. The summed E-state index contributed by atoms with van der Waals surface area (Å²) in [6.45, 7) is 1.95. The number of nitrogens with one attached hydrogen (secondary N) is 1. The van der Waals surface area contributed by atoms with Gasteiger partial charge in [0.05, 0.1) is 5.88 Å². The quantitative estimate of drug-likeness (QED) is 0.794. The molecular weight excluding hydrogens is 211 g/mol. The van der Waals surface area contributed by atoms with E-state index < -0.39 is 0 Å². The van der Waals surface area contributed by atoms with E-state index in [-0.39, 0.29) is 5.82 Å². The van der Waals surface area contributed by atoms with Gasteiger partial charge in [-0.1, -0.05) is 18.0 Å². The molecule has 1 N–H and O–H groups in total.